The van der Waals surface area contributed by atoms with E-state index in [0.717, 1.165) is 31.0 Å². The number of halogens is 4. The van der Waals surface area contributed by atoms with Gasteiger partial charge >= 0.3 is 6.18 Å². The Hall–Kier alpha value is -0.360. The zero-order chi connectivity index (χ0) is 13.9. The van der Waals surface area contributed by atoms with Gasteiger partial charge in [-0.3, -0.25) is 0 Å². The van der Waals surface area contributed by atoms with Gasteiger partial charge in [-0.2, -0.15) is 24.9 Å². The minimum Gasteiger partial charge on any atom is -0.371 e. The van der Waals surface area contributed by atoms with E-state index in [1.54, 1.807) is 12.1 Å². The first-order valence-corrected chi connectivity index (χ1v) is 8.39. The van der Waals surface area contributed by atoms with Crippen LogP contribution in [0.3, 0.4) is 0 Å². The fourth-order valence-corrected chi connectivity index (χ4v) is 3.52. The number of benzene rings is 1. The third-order valence-electron chi connectivity index (χ3n) is 3.13. The van der Waals surface area contributed by atoms with Crippen LogP contribution in [0.4, 0.5) is 18.9 Å². The second-order valence-electron chi connectivity index (χ2n) is 4.43. The SMILES string of the molecule is FC(F)(F)c1cc(N2CCCSCC2)ccc1CBr. The third-order valence-corrected chi connectivity index (χ3v) is 4.78. The van der Waals surface area contributed by atoms with Crippen molar-refractivity contribution in [3.05, 3.63) is 29.3 Å². The highest BCUT2D eigenvalue weighted by atomic mass is 79.9. The summed E-state index contributed by atoms with van der Waals surface area (Å²) in [6.45, 7) is 1.65. The summed E-state index contributed by atoms with van der Waals surface area (Å²) in [6.07, 6.45) is -3.27. The average Bonchev–Trinajstić information content (AvgIpc) is 2.66. The molecule has 0 atom stereocenters. The van der Waals surface area contributed by atoms with Crippen molar-refractivity contribution >= 4 is 33.4 Å². The quantitative estimate of drug-likeness (QED) is 0.718. The maximum Gasteiger partial charge on any atom is 0.416 e. The van der Waals surface area contributed by atoms with Gasteiger partial charge < -0.3 is 4.90 Å². The summed E-state index contributed by atoms with van der Waals surface area (Å²) in [4.78, 5) is 2.05. The van der Waals surface area contributed by atoms with Crippen LogP contribution in [0.2, 0.25) is 0 Å². The van der Waals surface area contributed by atoms with Crippen LogP contribution in [0.15, 0.2) is 18.2 Å². The van der Waals surface area contributed by atoms with Gasteiger partial charge in [0, 0.05) is 29.9 Å². The molecule has 1 aromatic rings. The molecule has 0 bridgehead atoms. The predicted octanol–water partition coefficient (Wildman–Crippen LogP) is 4.54. The zero-order valence-electron chi connectivity index (χ0n) is 10.3. The number of alkyl halides is 4. The molecular formula is C13H15BrF3NS. The van der Waals surface area contributed by atoms with Crippen LogP contribution in [0, 0.1) is 0 Å². The van der Waals surface area contributed by atoms with Crippen molar-refractivity contribution in [1.29, 1.82) is 0 Å². The lowest BCUT2D eigenvalue weighted by Crippen LogP contribution is -2.26. The Morgan fingerprint density at radius 3 is 2.68 bits per heavy atom. The van der Waals surface area contributed by atoms with Crippen LogP contribution in [0.5, 0.6) is 0 Å². The average molecular weight is 354 g/mol. The zero-order valence-corrected chi connectivity index (χ0v) is 12.7. The Morgan fingerprint density at radius 2 is 2.00 bits per heavy atom. The lowest BCUT2D eigenvalue weighted by atomic mass is 10.1. The highest BCUT2D eigenvalue weighted by Crippen LogP contribution is 2.35. The van der Waals surface area contributed by atoms with Crippen molar-refractivity contribution in [2.75, 3.05) is 29.5 Å². The third kappa shape index (κ3) is 3.81. The van der Waals surface area contributed by atoms with Gasteiger partial charge in [0.2, 0.25) is 0 Å². The van der Waals surface area contributed by atoms with E-state index >= 15 is 0 Å². The molecule has 1 fully saturated rings. The molecule has 0 aromatic heterocycles. The standard InChI is InChI=1S/C13H15BrF3NS/c14-9-10-2-3-11(8-12(10)13(15,16)17)18-4-1-6-19-7-5-18/h2-3,8H,1,4-7,9H2. The minimum absolute atomic E-state index is 0.220. The van der Waals surface area contributed by atoms with E-state index < -0.39 is 11.7 Å². The molecule has 1 aromatic carbocycles. The van der Waals surface area contributed by atoms with Gasteiger partial charge in [-0.05, 0) is 29.9 Å². The molecule has 0 unspecified atom stereocenters. The van der Waals surface area contributed by atoms with Crippen molar-refractivity contribution < 1.29 is 13.2 Å². The van der Waals surface area contributed by atoms with Crippen LogP contribution in [-0.2, 0) is 11.5 Å². The number of rotatable bonds is 2. The highest BCUT2D eigenvalue weighted by molar-refractivity contribution is 9.08. The summed E-state index contributed by atoms with van der Waals surface area (Å²) >= 11 is 4.98. The molecule has 6 heteroatoms. The van der Waals surface area contributed by atoms with Gasteiger partial charge in [0.15, 0.2) is 0 Å². The van der Waals surface area contributed by atoms with Crippen molar-refractivity contribution in [2.24, 2.45) is 0 Å². The van der Waals surface area contributed by atoms with E-state index in [1.165, 1.54) is 6.07 Å². The van der Waals surface area contributed by atoms with Gasteiger partial charge in [-0.25, -0.2) is 0 Å². The van der Waals surface area contributed by atoms with E-state index in [1.807, 2.05) is 16.7 Å². The van der Waals surface area contributed by atoms with Gasteiger partial charge in [0.05, 0.1) is 5.56 Å². The van der Waals surface area contributed by atoms with Crippen molar-refractivity contribution in [3.63, 3.8) is 0 Å². The van der Waals surface area contributed by atoms with E-state index in [4.69, 9.17) is 0 Å². The van der Waals surface area contributed by atoms with Crippen LogP contribution in [0.25, 0.3) is 0 Å². The Morgan fingerprint density at radius 1 is 1.21 bits per heavy atom. The molecule has 1 saturated heterocycles. The largest absolute Gasteiger partial charge is 0.416 e. The molecule has 1 aliphatic rings. The van der Waals surface area contributed by atoms with Crippen molar-refractivity contribution in [3.8, 4) is 0 Å². The lowest BCUT2D eigenvalue weighted by molar-refractivity contribution is -0.138. The van der Waals surface area contributed by atoms with Gasteiger partial charge in [-0.15, -0.1) is 0 Å². The van der Waals surface area contributed by atoms with Crippen molar-refractivity contribution in [1.82, 2.24) is 0 Å². The molecule has 0 amide bonds. The number of thioether (sulfide) groups is 1. The molecule has 0 spiro atoms. The maximum atomic E-state index is 13.0. The molecule has 1 aliphatic heterocycles. The van der Waals surface area contributed by atoms with Crippen LogP contribution < -0.4 is 4.90 Å². The smallest absolute Gasteiger partial charge is 0.371 e. The number of anilines is 1. The maximum absolute atomic E-state index is 13.0. The van der Waals surface area contributed by atoms with E-state index in [0.29, 0.717) is 11.3 Å². The molecule has 1 nitrogen and oxygen atoms in total. The van der Waals surface area contributed by atoms with Gasteiger partial charge in [-0.1, -0.05) is 22.0 Å². The first-order valence-electron chi connectivity index (χ1n) is 6.11. The van der Waals surface area contributed by atoms with Crippen LogP contribution in [0.1, 0.15) is 17.5 Å². The lowest BCUT2D eigenvalue weighted by Gasteiger charge is -2.24. The van der Waals surface area contributed by atoms with Gasteiger partial charge in [0.1, 0.15) is 0 Å². The number of hydrogen-bond donors (Lipinski definition) is 0. The minimum atomic E-state index is -4.29. The first-order chi connectivity index (χ1) is 9.02. The molecule has 19 heavy (non-hydrogen) atoms. The molecule has 106 valence electrons. The Kier molecular flexibility index (Phi) is 5.06. The van der Waals surface area contributed by atoms with Crippen LogP contribution >= 0.6 is 27.7 Å². The predicted molar refractivity (Wildman–Crippen MR) is 78.2 cm³/mol. The number of hydrogen-bond acceptors (Lipinski definition) is 2. The highest BCUT2D eigenvalue weighted by Gasteiger charge is 2.33. The topological polar surface area (TPSA) is 3.24 Å². The second kappa shape index (κ2) is 6.39. The Labute approximate surface area is 123 Å². The molecule has 0 aliphatic carbocycles. The van der Waals surface area contributed by atoms with Gasteiger partial charge in [0.25, 0.3) is 0 Å². The number of nitrogens with zero attached hydrogens (tertiary/aromatic N) is 1. The summed E-state index contributed by atoms with van der Waals surface area (Å²) in [6, 6.07) is 4.65. The van der Waals surface area contributed by atoms with E-state index in [-0.39, 0.29) is 5.33 Å². The normalized spacial score (nSPS) is 17.4. The molecule has 1 heterocycles. The molecule has 0 radical (unpaired) electrons. The summed E-state index contributed by atoms with van der Waals surface area (Å²) in [5.74, 6) is 2.06. The Bertz CT molecular complexity index is 428. The molecule has 0 N–H and O–H groups in total. The summed E-state index contributed by atoms with van der Waals surface area (Å²) in [5, 5.41) is 0.220. The monoisotopic (exact) mass is 353 g/mol. The van der Waals surface area contributed by atoms with Crippen LogP contribution in [-0.4, -0.2) is 24.6 Å². The van der Waals surface area contributed by atoms with E-state index in [9.17, 15) is 13.2 Å². The first kappa shape index (κ1) is 15.0. The Balaban J connectivity index is 2.31. The molecule has 0 saturated carbocycles. The molecule has 2 rings (SSSR count). The second-order valence-corrected chi connectivity index (χ2v) is 6.21. The van der Waals surface area contributed by atoms with Crippen molar-refractivity contribution in [2.45, 2.75) is 17.9 Å². The van der Waals surface area contributed by atoms with E-state index in [2.05, 4.69) is 15.9 Å². The summed E-state index contributed by atoms with van der Waals surface area (Å²) in [5.41, 5.74) is 0.443. The molecular weight excluding hydrogens is 339 g/mol. The summed E-state index contributed by atoms with van der Waals surface area (Å²) in [7, 11) is 0. The fraction of sp³-hybridized carbons (Fsp3) is 0.538. The summed E-state index contributed by atoms with van der Waals surface area (Å²) < 4.78 is 39.1. The fourth-order valence-electron chi connectivity index (χ4n) is 2.15.